The Bertz CT molecular complexity index is 450. The fraction of sp³-hybridized carbons (Fsp3) is 0.500. The number of halogens is 1. The molecule has 0 spiro atoms. The molecule has 0 aromatic heterocycles. The van der Waals surface area contributed by atoms with Crippen molar-refractivity contribution in [3.05, 3.63) is 47.3 Å². The molecule has 104 valence electrons. The minimum atomic E-state index is -0.112. The Morgan fingerprint density at radius 3 is 2.74 bits per heavy atom. The Hall–Kier alpha value is -1.19. The summed E-state index contributed by atoms with van der Waals surface area (Å²) in [6.07, 6.45) is 0.893. The van der Waals surface area contributed by atoms with E-state index in [1.807, 2.05) is 26.0 Å². The molecule has 0 unspecified atom stereocenters. The molecule has 1 aliphatic rings. The Morgan fingerprint density at radius 1 is 1.42 bits per heavy atom. The van der Waals surface area contributed by atoms with Crippen LogP contribution in [-0.4, -0.2) is 31.1 Å². The summed E-state index contributed by atoms with van der Waals surface area (Å²) in [7, 11) is 0. The van der Waals surface area contributed by atoms with Crippen LogP contribution in [0.15, 0.2) is 30.4 Å². The zero-order chi connectivity index (χ0) is 13.8. The van der Waals surface area contributed by atoms with Crippen molar-refractivity contribution in [2.24, 2.45) is 0 Å². The van der Waals surface area contributed by atoms with Gasteiger partial charge in [0.1, 0.15) is 5.82 Å². The summed E-state index contributed by atoms with van der Waals surface area (Å²) in [6.45, 7) is 12.0. The van der Waals surface area contributed by atoms with Crippen LogP contribution in [-0.2, 0) is 0 Å². The average molecular weight is 262 g/mol. The van der Waals surface area contributed by atoms with E-state index in [9.17, 15) is 4.39 Å². The number of rotatable bonds is 4. The summed E-state index contributed by atoms with van der Waals surface area (Å²) in [5.74, 6) is -0.112. The predicted octanol–water partition coefficient (Wildman–Crippen LogP) is 3.05. The molecule has 0 bridgehead atoms. The molecule has 0 aliphatic carbocycles. The lowest BCUT2D eigenvalue weighted by Gasteiger charge is -2.36. The summed E-state index contributed by atoms with van der Waals surface area (Å²) in [4.78, 5) is 2.44. The summed E-state index contributed by atoms with van der Waals surface area (Å²) in [6, 6.07) is 5.64. The second-order valence-corrected chi connectivity index (χ2v) is 5.42. The molecule has 1 heterocycles. The largest absolute Gasteiger partial charge is 0.314 e. The molecule has 3 heteroatoms. The van der Waals surface area contributed by atoms with Crippen LogP contribution in [0.1, 0.15) is 30.5 Å². The van der Waals surface area contributed by atoms with E-state index in [1.54, 1.807) is 0 Å². The zero-order valence-corrected chi connectivity index (χ0v) is 11.9. The Kier molecular flexibility index (Phi) is 4.72. The van der Waals surface area contributed by atoms with E-state index in [4.69, 9.17) is 0 Å². The molecule has 1 aromatic rings. The van der Waals surface area contributed by atoms with Gasteiger partial charge >= 0.3 is 0 Å². The van der Waals surface area contributed by atoms with Crippen LogP contribution in [0.5, 0.6) is 0 Å². The fourth-order valence-electron chi connectivity index (χ4n) is 2.74. The average Bonchev–Trinajstić information content (AvgIpc) is 2.40. The third-order valence-corrected chi connectivity index (χ3v) is 3.80. The van der Waals surface area contributed by atoms with E-state index in [1.165, 1.54) is 6.07 Å². The molecule has 0 amide bonds. The van der Waals surface area contributed by atoms with Crippen LogP contribution in [0.4, 0.5) is 4.39 Å². The van der Waals surface area contributed by atoms with Gasteiger partial charge in [-0.15, -0.1) is 6.58 Å². The molecule has 1 fully saturated rings. The highest BCUT2D eigenvalue weighted by atomic mass is 19.1. The van der Waals surface area contributed by atoms with Gasteiger partial charge in [-0.1, -0.05) is 17.7 Å². The highest BCUT2D eigenvalue weighted by Crippen LogP contribution is 2.30. The summed E-state index contributed by atoms with van der Waals surface area (Å²) in [5.41, 5.74) is 3.02. The van der Waals surface area contributed by atoms with Crippen molar-refractivity contribution in [3.8, 4) is 0 Å². The maximum Gasteiger partial charge on any atom is 0.126 e. The van der Waals surface area contributed by atoms with Gasteiger partial charge in [0.2, 0.25) is 0 Å². The van der Waals surface area contributed by atoms with Gasteiger partial charge in [-0.2, -0.15) is 0 Å². The Balaban J connectivity index is 2.30. The lowest BCUT2D eigenvalue weighted by atomic mass is 9.94. The van der Waals surface area contributed by atoms with Crippen LogP contribution < -0.4 is 5.32 Å². The Morgan fingerprint density at radius 2 is 2.11 bits per heavy atom. The van der Waals surface area contributed by atoms with Gasteiger partial charge in [0.05, 0.1) is 0 Å². The van der Waals surface area contributed by atoms with E-state index in [2.05, 4.69) is 16.8 Å². The highest BCUT2D eigenvalue weighted by Gasteiger charge is 2.24. The summed E-state index contributed by atoms with van der Waals surface area (Å²) in [5, 5.41) is 3.36. The van der Waals surface area contributed by atoms with Crippen molar-refractivity contribution >= 4 is 0 Å². The predicted molar refractivity (Wildman–Crippen MR) is 77.8 cm³/mol. The number of nitrogens with zero attached hydrogens (tertiary/aromatic N) is 1. The van der Waals surface area contributed by atoms with Gasteiger partial charge in [0, 0.05) is 32.2 Å². The highest BCUT2D eigenvalue weighted by molar-refractivity contribution is 5.31. The van der Waals surface area contributed by atoms with E-state index in [-0.39, 0.29) is 11.9 Å². The first-order chi connectivity index (χ1) is 9.09. The van der Waals surface area contributed by atoms with Crippen LogP contribution in [0, 0.1) is 12.7 Å². The van der Waals surface area contributed by atoms with Gasteiger partial charge < -0.3 is 5.32 Å². The Labute approximate surface area is 115 Å². The van der Waals surface area contributed by atoms with Crippen molar-refractivity contribution < 1.29 is 4.39 Å². The lowest BCUT2D eigenvalue weighted by molar-refractivity contribution is 0.171. The van der Waals surface area contributed by atoms with Gasteiger partial charge in [-0.05, 0) is 37.5 Å². The first kappa shape index (κ1) is 14.2. The molecule has 2 rings (SSSR count). The summed E-state index contributed by atoms with van der Waals surface area (Å²) >= 11 is 0. The zero-order valence-electron chi connectivity index (χ0n) is 11.9. The van der Waals surface area contributed by atoms with Crippen molar-refractivity contribution in [1.29, 1.82) is 0 Å². The minimum absolute atomic E-state index is 0.112. The number of hydrogen-bond acceptors (Lipinski definition) is 2. The molecular weight excluding hydrogens is 239 g/mol. The molecule has 0 saturated carbocycles. The molecule has 2 nitrogen and oxygen atoms in total. The van der Waals surface area contributed by atoms with Crippen LogP contribution >= 0.6 is 0 Å². The van der Waals surface area contributed by atoms with Gasteiger partial charge in [0.15, 0.2) is 0 Å². The van der Waals surface area contributed by atoms with Crippen LogP contribution in [0.2, 0.25) is 0 Å². The molecule has 1 aromatic carbocycles. The SMILES string of the molecule is C=C(C)C[C@H](c1cccc(F)c1C)N1CCNCC1. The molecular formula is C16H23FN2. The molecule has 0 radical (unpaired) electrons. The lowest BCUT2D eigenvalue weighted by Crippen LogP contribution is -2.45. The van der Waals surface area contributed by atoms with Gasteiger partial charge in [0.25, 0.3) is 0 Å². The molecule has 1 N–H and O–H groups in total. The monoisotopic (exact) mass is 262 g/mol. The number of nitrogens with one attached hydrogen (secondary N) is 1. The molecule has 1 atom stereocenters. The summed E-state index contributed by atoms with van der Waals surface area (Å²) < 4.78 is 13.8. The van der Waals surface area contributed by atoms with E-state index < -0.39 is 0 Å². The third kappa shape index (κ3) is 3.43. The standard InChI is InChI=1S/C16H23FN2/c1-12(2)11-16(19-9-7-18-8-10-19)14-5-4-6-15(17)13(14)3/h4-6,16,18H,1,7-11H2,2-3H3/t16-/m1/s1. The minimum Gasteiger partial charge on any atom is -0.314 e. The topological polar surface area (TPSA) is 15.3 Å². The smallest absolute Gasteiger partial charge is 0.126 e. The first-order valence-corrected chi connectivity index (χ1v) is 6.93. The molecule has 19 heavy (non-hydrogen) atoms. The van der Waals surface area contributed by atoms with Crippen molar-refractivity contribution in [2.75, 3.05) is 26.2 Å². The van der Waals surface area contributed by atoms with Crippen molar-refractivity contribution in [2.45, 2.75) is 26.3 Å². The van der Waals surface area contributed by atoms with Crippen molar-refractivity contribution in [1.82, 2.24) is 10.2 Å². The second-order valence-electron chi connectivity index (χ2n) is 5.42. The quantitative estimate of drug-likeness (QED) is 0.839. The van der Waals surface area contributed by atoms with Crippen LogP contribution in [0.3, 0.4) is 0 Å². The number of piperazine rings is 1. The van der Waals surface area contributed by atoms with E-state index >= 15 is 0 Å². The van der Waals surface area contributed by atoms with E-state index in [0.29, 0.717) is 0 Å². The third-order valence-electron chi connectivity index (χ3n) is 3.80. The second kappa shape index (κ2) is 6.31. The maximum absolute atomic E-state index is 13.8. The van der Waals surface area contributed by atoms with Gasteiger partial charge in [-0.25, -0.2) is 4.39 Å². The number of hydrogen-bond donors (Lipinski definition) is 1. The molecule has 1 aliphatic heterocycles. The normalized spacial score (nSPS) is 18.3. The van der Waals surface area contributed by atoms with Crippen molar-refractivity contribution in [3.63, 3.8) is 0 Å². The maximum atomic E-state index is 13.8. The van der Waals surface area contributed by atoms with E-state index in [0.717, 1.165) is 49.3 Å². The fourth-order valence-corrected chi connectivity index (χ4v) is 2.74. The van der Waals surface area contributed by atoms with Crippen LogP contribution in [0.25, 0.3) is 0 Å². The molecule has 1 saturated heterocycles. The number of benzene rings is 1. The van der Waals surface area contributed by atoms with Gasteiger partial charge in [-0.3, -0.25) is 4.90 Å². The first-order valence-electron chi connectivity index (χ1n) is 6.93.